The molecule has 0 saturated carbocycles. The molecule has 0 amide bonds. The van der Waals surface area contributed by atoms with Gasteiger partial charge in [0.05, 0.1) is 5.69 Å². The molecule has 0 fully saturated rings. The molecule has 0 radical (unpaired) electrons. The fraction of sp³-hybridized carbons (Fsp3) is 0.667. The zero-order valence-corrected chi connectivity index (χ0v) is 13.2. The Morgan fingerprint density at radius 3 is 2.61 bits per heavy atom. The van der Waals surface area contributed by atoms with Gasteiger partial charge in [0.15, 0.2) is 0 Å². The van der Waals surface area contributed by atoms with Crippen molar-refractivity contribution in [2.45, 2.75) is 52.5 Å². The van der Waals surface area contributed by atoms with Crippen LogP contribution in [0, 0.1) is 5.92 Å². The maximum atomic E-state index is 4.34. The molecule has 1 N–H and O–H groups in total. The summed E-state index contributed by atoms with van der Waals surface area (Å²) in [5.41, 5.74) is 1.11. The number of hydrogen-bond acceptors (Lipinski definition) is 2. The van der Waals surface area contributed by atoms with Gasteiger partial charge in [0.1, 0.15) is 0 Å². The van der Waals surface area contributed by atoms with E-state index in [1.807, 2.05) is 12.3 Å². The van der Waals surface area contributed by atoms with Crippen LogP contribution in [-0.2, 0) is 6.54 Å². The predicted molar refractivity (Wildman–Crippen MR) is 81.6 cm³/mol. The van der Waals surface area contributed by atoms with Crippen LogP contribution in [0.3, 0.4) is 0 Å². The van der Waals surface area contributed by atoms with Crippen LogP contribution in [-0.4, -0.2) is 11.5 Å². The number of aromatic nitrogens is 1. The summed E-state index contributed by atoms with van der Waals surface area (Å²) < 4.78 is 1.04. The third-order valence-corrected chi connectivity index (χ3v) is 3.45. The fourth-order valence-electron chi connectivity index (χ4n) is 1.88. The van der Waals surface area contributed by atoms with E-state index in [-0.39, 0.29) is 0 Å². The van der Waals surface area contributed by atoms with Gasteiger partial charge in [-0.25, -0.2) is 0 Å². The van der Waals surface area contributed by atoms with Crippen LogP contribution < -0.4 is 5.32 Å². The third-order valence-electron chi connectivity index (χ3n) is 2.98. The van der Waals surface area contributed by atoms with Gasteiger partial charge in [0.2, 0.25) is 0 Å². The largest absolute Gasteiger partial charge is 0.311 e. The van der Waals surface area contributed by atoms with Crippen LogP contribution in [0.25, 0.3) is 0 Å². The van der Waals surface area contributed by atoms with E-state index >= 15 is 0 Å². The molecule has 0 unspecified atom stereocenters. The molecule has 102 valence electrons. The third kappa shape index (κ3) is 7.83. The SMILES string of the molecule is CC(C)CCCCCCNCc1ccc(Br)cn1. The van der Waals surface area contributed by atoms with Crippen LogP contribution in [0.2, 0.25) is 0 Å². The maximum Gasteiger partial charge on any atom is 0.0542 e. The Labute approximate surface area is 120 Å². The molecule has 0 aliphatic heterocycles. The van der Waals surface area contributed by atoms with Gasteiger partial charge in [-0.2, -0.15) is 0 Å². The molecule has 0 aliphatic rings. The lowest BCUT2D eigenvalue weighted by Crippen LogP contribution is -2.15. The summed E-state index contributed by atoms with van der Waals surface area (Å²) in [6, 6.07) is 4.09. The van der Waals surface area contributed by atoms with E-state index in [0.717, 1.165) is 29.2 Å². The number of hydrogen-bond donors (Lipinski definition) is 1. The van der Waals surface area contributed by atoms with Gasteiger partial charge in [-0.3, -0.25) is 4.98 Å². The average Bonchev–Trinajstić information content (AvgIpc) is 2.34. The summed E-state index contributed by atoms with van der Waals surface area (Å²) in [6.45, 7) is 6.57. The van der Waals surface area contributed by atoms with Crippen LogP contribution in [0.1, 0.15) is 51.6 Å². The zero-order chi connectivity index (χ0) is 13.2. The number of halogens is 1. The highest BCUT2D eigenvalue weighted by Gasteiger charge is 1.96. The van der Waals surface area contributed by atoms with E-state index < -0.39 is 0 Å². The number of nitrogens with one attached hydrogen (secondary N) is 1. The van der Waals surface area contributed by atoms with Crippen LogP contribution in [0.4, 0.5) is 0 Å². The molecule has 2 nitrogen and oxygen atoms in total. The molecule has 1 rings (SSSR count). The molecule has 18 heavy (non-hydrogen) atoms. The summed E-state index contributed by atoms with van der Waals surface area (Å²) in [5.74, 6) is 0.853. The average molecular weight is 313 g/mol. The summed E-state index contributed by atoms with van der Waals surface area (Å²) in [6.07, 6.45) is 8.59. The predicted octanol–water partition coefficient (Wildman–Crippen LogP) is 4.54. The lowest BCUT2D eigenvalue weighted by molar-refractivity contribution is 0.511. The Kier molecular flexibility index (Phi) is 8.27. The zero-order valence-electron chi connectivity index (χ0n) is 11.6. The second kappa shape index (κ2) is 9.51. The quantitative estimate of drug-likeness (QED) is 0.677. The highest BCUT2D eigenvalue weighted by atomic mass is 79.9. The fourth-order valence-corrected chi connectivity index (χ4v) is 2.12. The first-order valence-electron chi connectivity index (χ1n) is 6.99. The van der Waals surface area contributed by atoms with Gasteiger partial charge in [0.25, 0.3) is 0 Å². The van der Waals surface area contributed by atoms with E-state index in [2.05, 4.69) is 46.1 Å². The minimum absolute atomic E-state index is 0.853. The van der Waals surface area contributed by atoms with E-state index in [1.165, 1.54) is 32.1 Å². The van der Waals surface area contributed by atoms with Gasteiger partial charge >= 0.3 is 0 Å². The van der Waals surface area contributed by atoms with Gasteiger partial charge in [-0.1, -0.05) is 39.5 Å². The van der Waals surface area contributed by atoms with E-state index in [9.17, 15) is 0 Å². The van der Waals surface area contributed by atoms with Crippen molar-refractivity contribution in [1.29, 1.82) is 0 Å². The standard InChI is InChI=1S/C15H25BrN2/c1-13(2)7-5-3-4-6-10-17-12-15-9-8-14(16)11-18-15/h8-9,11,13,17H,3-7,10,12H2,1-2H3. The topological polar surface area (TPSA) is 24.9 Å². The summed E-state index contributed by atoms with van der Waals surface area (Å²) in [5, 5.41) is 3.44. The molecular weight excluding hydrogens is 288 g/mol. The Balaban J connectivity index is 1.94. The second-order valence-corrected chi connectivity index (χ2v) is 6.16. The minimum atomic E-state index is 0.853. The van der Waals surface area contributed by atoms with Crippen molar-refractivity contribution < 1.29 is 0 Å². The molecule has 0 spiro atoms. The Morgan fingerprint density at radius 2 is 1.94 bits per heavy atom. The maximum absolute atomic E-state index is 4.34. The van der Waals surface area contributed by atoms with Gasteiger partial charge in [-0.15, -0.1) is 0 Å². The molecule has 1 aromatic heterocycles. The van der Waals surface area contributed by atoms with Crippen molar-refractivity contribution in [2.75, 3.05) is 6.54 Å². The highest BCUT2D eigenvalue weighted by Crippen LogP contribution is 2.09. The Morgan fingerprint density at radius 1 is 1.17 bits per heavy atom. The lowest BCUT2D eigenvalue weighted by atomic mass is 10.0. The minimum Gasteiger partial charge on any atom is -0.311 e. The second-order valence-electron chi connectivity index (χ2n) is 5.24. The molecule has 0 aliphatic carbocycles. The highest BCUT2D eigenvalue weighted by molar-refractivity contribution is 9.10. The monoisotopic (exact) mass is 312 g/mol. The first-order chi connectivity index (χ1) is 8.68. The molecule has 1 heterocycles. The van der Waals surface area contributed by atoms with E-state index in [0.29, 0.717) is 0 Å². The van der Waals surface area contributed by atoms with Gasteiger partial charge in [0, 0.05) is 17.2 Å². The van der Waals surface area contributed by atoms with Crippen LogP contribution in [0.15, 0.2) is 22.8 Å². The molecule has 0 saturated heterocycles. The number of unbranched alkanes of at least 4 members (excludes halogenated alkanes) is 3. The van der Waals surface area contributed by atoms with Crippen molar-refractivity contribution in [3.05, 3.63) is 28.5 Å². The summed E-state index contributed by atoms with van der Waals surface area (Å²) in [7, 11) is 0. The van der Waals surface area contributed by atoms with Crippen molar-refractivity contribution in [1.82, 2.24) is 10.3 Å². The molecule has 1 aromatic rings. The van der Waals surface area contributed by atoms with Crippen molar-refractivity contribution in [3.63, 3.8) is 0 Å². The molecule has 0 aromatic carbocycles. The summed E-state index contributed by atoms with van der Waals surface area (Å²) in [4.78, 5) is 4.34. The first-order valence-corrected chi connectivity index (χ1v) is 7.79. The van der Waals surface area contributed by atoms with Gasteiger partial charge in [-0.05, 0) is 46.9 Å². The van der Waals surface area contributed by atoms with Crippen molar-refractivity contribution >= 4 is 15.9 Å². The molecule has 0 atom stereocenters. The molecular formula is C15H25BrN2. The van der Waals surface area contributed by atoms with Crippen molar-refractivity contribution in [3.8, 4) is 0 Å². The number of nitrogens with zero attached hydrogens (tertiary/aromatic N) is 1. The van der Waals surface area contributed by atoms with Crippen LogP contribution >= 0.6 is 15.9 Å². The van der Waals surface area contributed by atoms with E-state index in [4.69, 9.17) is 0 Å². The Bertz CT molecular complexity index is 309. The van der Waals surface area contributed by atoms with Crippen LogP contribution in [0.5, 0.6) is 0 Å². The normalized spacial score (nSPS) is 11.1. The molecule has 0 bridgehead atoms. The van der Waals surface area contributed by atoms with Gasteiger partial charge < -0.3 is 5.32 Å². The number of pyridine rings is 1. The lowest BCUT2D eigenvalue weighted by Gasteiger charge is -2.06. The molecule has 3 heteroatoms. The summed E-state index contributed by atoms with van der Waals surface area (Å²) >= 11 is 3.39. The van der Waals surface area contributed by atoms with Crippen molar-refractivity contribution in [2.24, 2.45) is 5.92 Å². The van der Waals surface area contributed by atoms with E-state index in [1.54, 1.807) is 0 Å². The smallest absolute Gasteiger partial charge is 0.0542 e. The first kappa shape index (κ1) is 15.6. The number of rotatable bonds is 9. The Hall–Kier alpha value is -0.410.